The Morgan fingerprint density at radius 1 is 1.03 bits per heavy atom. The van der Waals surface area contributed by atoms with Gasteiger partial charge in [0.25, 0.3) is 0 Å². The van der Waals surface area contributed by atoms with Gasteiger partial charge < -0.3 is 24.6 Å². The number of aliphatic hydroxyl groups excluding tert-OH is 1. The summed E-state index contributed by atoms with van der Waals surface area (Å²) in [6, 6.07) is 8.81. The largest absolute Gasteiger partial charge is 0.495 e. The molecule has 4 rings (SSSR count). The standard InChI is InChI=1S/C23H30N2O4/c1-14-16-5-6-19(27-2)22(24-8-10-26)18(16)13-25-9-7-15-11-20(28-3)21(29-4)12-17(15)23(14)25/h5-6,11-12,14,23-24,26H,7-10,13H2,1-4H3. The number of ether oxygens (including phenoxy) is 3. The second kappa shape index (κ2) is 8.13. The summed E-state index contributed by atoms with van der Waals surface area (Å²) in [4.78, 5) is 2.55. The van der Waals surface area contributed by atoms with E-state index < -0.39 is 0 Å². The molecule has 2 aliphatic heterocycles. The van der Waals surface area contributed by atoms with E-state index in [1.807, 2.05) is 6.07 Å². The molecule has 0 aromatic heterocycles. The molecule has 6 nitrogen and oxygen atoms in total. The molecular weight excluding hydrogens is 368 g/mol. The maximum absolute atomic E-state index is 9.30. The number of nitrogens with one attached hydrogen (secondary N) is 1. The van der Waals surface area contributed by atoms with Crippen LogP contribution in [0.2, 0.25) is 0 Å². The Hall–Kier alpha value is -2.44. The third-order valence-corrected chi connectivity index (χ3v) is 6.30. The molecule has 0 fully saturated rings. The van der Waals surface area contributed by atoms with E-state index in [1.54, 1.807) is 21.3 Å². The number of anilines is 1. The highest BCUT2D eigenvalue weighted by Gasteiger charge is 2.39. The molecule has 2 N–H and O–H groups in total. The lowest BCUT2D eigenvalue weighted by Gasteiger charge is -2.46. The molecular formula is C23H30N2O4. The summed E-state index contributed by atoms with van der Waals surface area (Å²) in [6.45, 7) is 4.73. The SMILES string of the molecule is COc1cc2c(cc1OC)C1C(C)c3ccc(OC)c(NCCO)c3CN1CC2. The van der Waals surface area contributed by atoms with E-state index in [0.29, 0.717) is 18.5 Å². The number of rotatable bonds is 6. The maximum Gasteiger partial charge on any atom is 0.161 e. The van der Waals surface area contributed by atoms with E-state index in [1.165, 1.54) is 22.3 Å². The third-order valence-electron chi connectivity index (χ3n) is 6.30. The zero-order valence-electron chi connectivity index (χ0n) is 17.6. The fourth-order valence-electron chi connectivity index (χ4n) is 4.95. The fourth-order valence-corrected chi connectivity index (χ4v) is 4.95. The zero-order valence-corrected chi connectivity index (χ0v) is 17.6. The first-order valence-electron chi connectivity index (χ1n) is 10.2. The number of hydrogen-bond donors (Lipinski definition) is 2. The van der Waals surface area contributed by atoms with Crippen molar-refractivity contribution in [2.75, 3.05) is 46.3 Å². The van der Waals surface area contributed by atoms with Crippen LogP contribution in [0.4, 0.5) is 5.69 Å². The number of benzene rings is 2. The minimum absolute atomic E-state index is 0.0870. The monoisotopic (exact) mass is 398 g/mol. The lowest BCUT2D eigenvalue weighted by atomic mass is 9.77. The van der Waals surface area contributed by atoms with Crippen molar-refractivity contribution in [3.63, 3.8) is 0 Å². The molecule has 2 aromatic carbocycles. The normalized spacial score (nSPS) is 20.3. The molecule has 0 aliphatic carbocycles. The lowest BCUT2D eigenvalue weighted by Crippen LogP contribution is -2.41. The van der Waals surface area contributed by atoms with Crippen LogP contribution in [-0.2, 0) is 13.0 Å². The second-order valence-corrected chi connectivity index (χ2v) is 7.72. The van der Waals surface area contributed by atoms with Crippen molar-refractivity contribution in [2.24, 2.45) is 0 Å². The minimum atomic E-state index is 0.0870. The highest BCUT2D eigenvalue weighted by molar-refractivity contribution is 5.66. The van der Waals surface area contributed by atoms with Crippen molar-refractivity contribution in [1.29, 1.82) is 0 Å². The van der Waals surface area contributed by atoms with Crippen molar-refractivity contribution in [3.05, 3.63) is 46.5 Å². The molecule has 0 bridgehead atoms. The summed E-state index contributed by atoms with van der Waals surface area (Å²) in [5.41, 5.74) is 6.27. The van der Waals surface area contributed by atoms with E-state index in [4.69, 9.17) is 14.2 Å². The average Bonchev–Trinajstić information content (AvgIpc) is 2.76. The van der Waals surface area contributed by atoms with Crippen LogP contribution in [0.3, 0.4) is 0 Å². The summed E-state index contributed by atoms with van der Waals surface area (Å²) < 4.78 is 16.7. The molecule has 0 saturated carbocycles. The molecule has 2 aromatic rings. The predicted octanol–water partition coefficient (Wildman–Crippen LogP) is 3.33. The molecule has 6 heteroatoms. The Kier molecular flexibility index (Phi) is 5.56. The van der Waals surface area contributed by atoms with Crippen LogP contribution >= 0.6 is 0 Å². The molecule has 2 heterocycles. The Labute approximate surface area is 172 Å². The van der Waals surface area contributed by atoms with Crippen molar-refractivity contribution < 1.29 is 19.3 Å². The number of nitrogens with zero attached hydrogens (tertiary/aromatic N) is 1. The minimum Gasteiger partial charge on any atom is -0.495 e. The molecule has 2 atom stereocenters. The van der Waals surface area contributed by atoms with Crippen LogP contribution in [0.1, 0.15) is 41.1 Å². The zero-order chi connectivity index (χ0) is 20.5. The van der Waals surface area contributed by atoms with E-state index in [0.717, 1.165) is 42.4 Å². The van der Waals surface area contributed by atoms with Gasteiger partial charge in [0.1, 0.15) is 5.75 Å². The van der Waals surface area contributed by atoms with E-state index in [-0.39, 0.29) is 6.61 Å². The molecule has 0 amide bonds. The van der Waals surface area contributed by atoms with Crippen LogP contribution in [0.15, 0.2) is 24.3 Å². The molecule has 0 saturated heterocycles. The van der Waals surface area contributed by atoms with Gasteiger partial charge in [0.05, 0.1) is 33.6 Å². The molecule has 156 valence electrons. The first-order valence-corrected chi connectivity index (χ1v) is 10.2. The van der Waals surface area contributed by atoms with Gasteiger partial charge in [-0.3, -0.25) is 4.90 Å². The van der Waals surface area contributed by atoms with Gasteiger partial charge in [0.15, 0.2) is 11.5 Å². The Balaban J connectivity index is 1.79. The van der Waals surface area contributed by atoms with Gasteiger partial charge in [0, 0.05) is 31.6 Å². The summed E-state index contributed by atoms with van der Waals surface area (Å²) in [6.07, 6.45) is 0.984. The summed E-state index contributed by atoms with van der Waals surface area (Å²) in [7, 11) is 5.07. The maximum atomic E-state index is 9.30. The third kappa shape index (κ3) is 3.30. The number of fused-ring (bicyclic) bond motifs is 4. The Morgan fingerprint density at radius 2 is 1.76 bits per heavy atom. The average molecular weight is 399 g/mol. The molecule has 2 unspecified atom stereocenters. The first kappa shape index (κ1) is 19.9. The van der Waals surface area contributed by atoms with Gasteiger partial charge in [-0.2, -0.15) is 0 Å². The van der Waals surface area contributed by atoms with E-state index in [9.17, 15) is 5.11 Å². The van der Waals surface area contributed by atoms with E-state index in [2.05, 4.69) is 35.3 Å². The molecule has 0 spiro atoms. The molecule has 0 radical (unpaired) electrons. The van der Waals surface area contributed by atoms with Crippen molar-refractivity contribution in [1.82, 2.24) is 4.90 Å². The smallest absolute Gasteiger partial charge is 0.161 e. The van der Waals surface area contributed by atoms with Crippen molar-refractivity contribution in [2.45, 2.75) is 31.8 Å². The van der Waals surface area contributed by atoms with E-state index >= 15 is 0 Å². The summed E-state index contributed by atoms with van der Waals surface area (Å²) in [5, 5.41) is 12.7. The Bertz CT molecular complexity index is 899. The topological polar surface area (TPSA) is 63.2 Å². The fraction of sp³-hybridized carbons (Fsp3) is 0.478. The molecule has 29 heavy (non-hydrogen) atoms. The van der Waals surface area contributed by atoms with Gasteiger partial charge in [0.2, 0.25) is 0 Å². The summed E-state index contributed by atoms with van der Waals surface area (Å²) >= 11 is 0. The highest BCUT2D eigenvalue weighted by Crippen LogP contribution is 2.50. The van der Waals surface area contributed by atoms with Crippen LogP contribution in [-0.4, -0.2) is 51.0 Å². The number of aliphatic hydroxyl groups is 1. The second-order valence-electron chi connectivity index (χ2n) is 7.72. The van der Waals surface area contributed by atoms with Crippen LogP contribution < -0.4 is 19.5 Å². The van der Waals surface area contributed by atoms with Gasteiger partial charge >= 0.3 is 0 Å². The number of methoxy groups -OCH3 is 3. The van der Waals surface area contributed by atoms with Gasteiger partial charge in [-0.15, -0.1) is 0 Å². The predicted molar refractivity (Wildman–Crippen MR) is 113 cm³/mol. The van der Waals surface area contributed by atoms with Crippen molar-refractivity contribution >= 4 is 5.69 Å². The van der Waals surface area contributed by atoms with Crippen LogP contribution in [0, 0.1) is 0 Å². The quantitative estimate of drug-likeness (QED) is 0.778. The Morgan fingerprint density at radius 3 is 2.45 bits per heavy atom. The summed E-state index contributed by atoms with van der Waals surface area (Å²) in [5.74, 6) is 2.72. The van der Waals surface area contributed by atoms with Gasteiger partial charge in [-0.25, -0.2) is 0 Å². The van der Waals surface area contributed by atoms with Gasteiger partial charge in [-0.05, 0) is 46.9 Å². The van der Waals surface area contributed by atoms with Crippen molar-refractivity contribution in [3.8, 4) is 17.2 Å². The van der Waals surface area contributed by atoms with Crippen LogP contribution in [0.25, 0.3) is 0 Å². The van der Waals surface area contributed by atoms with Gasteiger partial charge in [-0.1, -0.05) is 13.0 Å². The van der Waals surface area contributed by atoms with Crippen LogP contribution in [0.5, 0.6) is 17.2 Å². The number of hydrogen-bond acceptors (Lipinski definition) is 6. The lowest BCUT2D eigenvalue weighted by molar-refractivity contribution is 0.139. The molecule has 2 aliphatic rings. The highest BCUT2D eigenvalue weighted by atomic mass is 16.5. The first-order chi connectivity index (χ1) is 14.1.